The maximum Gasteiger partial charge on any atom is 0.246 e. The van der Waals surface area contributed by atoms with Gasteiger partial charge in [0.1, 0.15) is 6.54 Å². The monoisotopic (exact) mass is 275 g/mol. The molecule has 0 unspecified atom stereocenters. The Morgan fingerprint density at radius 2 is 2.15 bits per heavy atom. The zero-order valence-corrected chi connectivity index (χ0v) is 12.1. The molecule has 1 aliphatic rings. The number of hydrogen-bond acceptors (Lipinski definition) is 3. The van der Waals surface area contributed by atoms with E-state index in [4.69, 9.17) is 0 Å². The molecule has 1 aliphatic heterocycles. The van der Waals surface area contributed by atoms with Gasteiger partial charge in [-0.1, -0.05) is 25.5 Å². The first kappa shape index (κ1) is 14.4. The highest BCUT2D eigenvalue weighted by Gasteiger charge is 2.26. The van der Waals surface area contributed by atoms with Crippen molar-refractivity contribution >= 4 is 23.2 Å². The van der Waals surface area contributed by atoms with Gasteiger partial charge in [-0.25, -0.2) is 0 Å². The summed E-state index contributed by atoms with van der Waals surface area (Å²) in [5, 5.41) is 3.06. The van der Waals surface area contributed by atoms with Gasteiger partial charge in [0.2, 0.25) is 11.8 Å². The van der Waals surface area contributed by atoms with Crippen LogP contribution in [-0.2, 0) is 9.59 Å². The molecule has 0 atom stereocenters. The minimum Gasteiger partial charge on any atom is -0.374 e. The van der Waals surface area contributed by atoms with Crippen LogP contribution in [0.15, 0.2) is 24.3 Å². The number of nitrogens with zero attached hydrogens (tertiary/aromatic N) is 2. The van der Waals surface area contributed by atoms with Gasteiger partial charge >= 0.3 is 0 Å². The third-order valence-electron chi connectivity index (χ3n) is 3.49. The topological polar surface area (TPSA) is 52.7 Å². The number of hydrogen-bond donors (Lipinski definition) is 1. The molecular formula is C15H21N3O2. The lowest BCUT2D eigenvalue weighted by Gasteiger charge is -2.31. The van der Waals surface area contributed by atoms with E-state index >= 15 is 0 Å². The third kappa shape index (κ3) is 3.10. The first-order chi connectivity index (χ1) is 9.63. The number of nitrogens with one attached hydrogen (secondary N) is 1. The van der Waals surface area contributed by atoms with Crippen LogP contribution in [0.1, 0.15) is 19.8 Å². The fourth-order valence-corrected chi connectivity index (χ4v) is 2.21. The highest BCUT2D eigenvalue weighted by atomic mass is 16.2. The van der Waals surface area contributed by atoms with Gasteiger partial charge in [0.05, 0.1) is 17.9 Å². The molecule has 108 valence electrons. The molecule has 0 fully saturated rings. The van der Waals surface area contributed by atoms with Crippen LogP contribution in [-0.4, -0.2) is 43.4 Å². The van der Waals surface area contributed by atoms with E-state index in [-0.39, 0.29) is 24.9 Å². The van der Waals surface area contributed by atoms with Gasteiger partial charge in [0, 0.05) is 13.6 Å². The van der Waals surface area contributed by atoms with Gasteiger partial charge in [0.25, 0.3) is 0 Å². The number of fused-ring (bicyclic) bond motifs is 1. The molecule has 2 amide bonds. The first-order valence-corrected chi connectivity index (χ1v) is 7.00. The van der Waals surface area contributed by atoms with Gasteiger partial charge in [-0.15, -0.1) is 0 Å². The van der Waals surface area contributed by atoms with Crippen LogP contribution in [0.3, 0.4) is 0 Å². The number of benzene rings is 1. The Kier molecular flexibility index (Phi) is 4.61. The number of anilines is 2. The van der Waals surface area contributed by atoms with Crippen molar-refractivity contribution in [3.8, 4) is 0 Å². The summed E-state index contributed by atoms with van der Waals surface area (Å²) in [5.74, 6) is -0.0931. The molecule has 1 heterocycles. The van der Waals surface area contributed by atoms with Crippen LogP contribution in [0, 0.1) is 0 Å². The lowest BCUT2D eigenvalue weighted by Crippen LogP contribution is -2.46. The number of para-hydroxylation sites is 2. The minimum atomic E-state index is -0.0686. The number of amides is 2. The number of likely N-dealkylation sites (N-methyl/N-ethyl adjacent to an activating group) is 1. The summed E-state index contributed by atoms with van der Waals surface area (Å²) < 4.78 is 0. The van der Waals surface area contributed by atoms with Gasteiger partial charge in [0.15, 0.2) is 0 Å². The molecule has 0 spiro atoms. The lowest BCUT2D eigenvalue weighted by atomic mass is 10.2. The fourth-order valence-electron chi connectivity index (χ4n) is 2.21. The summed E-state index contributed by atoms with van der Waals surface area (Å²) in [5.41, 5.74) is 1.68. The molecule has 0 bridgehead atoms. The largest absolute Gasteiger partial charge is 0.374 e. The van der Waals surface area contributed by atoms with Crippen LogP contribution < -0.4 is 10.2 Å². The Bertz CT molecular complexity index is 502. The van der Waals surface area contributed by atoms with Crippen LogP contribution in [0.25, 0.3) is 0 Å². The van der Waals surface area contributed by atoms with Crippen molar-refractivity contribution in [1.82, 2.24) is 4.90 Å². The molecular weight excluding hydrogens is 254 g/mol. The second-order valence-electron chi connectivity index (χ2n) is 5.02. The molecule has 20 heavy (non-hydrogen) atoms. The van der Waals surface area contributed by atoms with Crippen molar-refractivity contribution < 1.29 is 9.59 Å². The number of carbonyl (C=O) groups excluding carboxylic acids is 2. The maximum atomic E-state index is 12.2. The van der Waals surface area contributed by atoms with E-state index in [1.807, 2.05) is 24.3 Å². The van der Waals surface area contributed by atoms with Crippen LogP contribution in [0.5, 0.6) is 0 Å². The molecule has 5 heteroatoms. The second kappa shape index (κ2) is 6.41. The minimum absolute atomic E-state index is 0.0245. The Morgan fingerprint density at radius 1 is 1.40 bits per heavy atom. The summed E-state index contributed by atoms with van der Waals surface area (Å²) in [6.07, 6.45) is 2.03. The SMILES string of the molecule is CCCCN(C)C(=O)CN1C(=O)CNc2ccccc21. The van der Waals surface area contributed by atoms with Gasteiger partial charge in [-0.2, -0.15) is 0 Å². The number of unbranched alkanes of at least 4 members (excludes halogenated alkanes) is 1. The van der Waals surface area contributed by atoms with Crippen molar-refractivity contribution in [2.75, 3.05) is 36.9 Å². The second-order valence-corrected chi connectivity index (χ2v) is 5.02. The summed E-state index contributed by atoms with van der Waals surface area (Å²) in [6, 6.07) is 7.56. The third-order valence-corrected chi connectivity index (χ3v) is 3.49. The van der Waals surface area contributed by atoms with E-state index in [0.717, 1.165) is 30.8 Å². The van der Waals surface area contributed by atoms with Gasteiger partial charge in [-0.05, 0) is 18.6 Å². The fraction of sp³-hybridized carbons (Fsp3) is 0.467. The maximum absolute atomic E-state index is 12.2. The highest BCUT2D eigenvalue weighted by molar-refractivity contribution is 6.05. The summed E-state index contributed by atoms with van der Waals surface area (Å²) in [6.45, 7) is 3.17. The predicted octanol–water partition coefficient (Wildman–Crippen LogP) is 1.70. The van der Waals surface area contributed by atoms with Crippen molar-refractivity contribution in [1.29, 1.82) is 0 Å². The van der Waals surface area contributed by atoms with E-state index in [1.54, 1.807) is 16.8 Å². The average Bonchev–Trinajstić information content (AvgIpc) is 2.47. The van der Waals surface area contributed by atoms with Crippen LogP contribution in [0.4, 0.5) is 11.4 Å². The first-order valence-electron chi connectivity index (χ1n) is 7.00. The quantitative estimate of drug-likeness (QED) is 0.890. The molecule has 1 N–H and O–H groups in total. The molecule has 0 saturated heterocycles. The normalized spacial score (nSPS) is 13.7. The molecule has 2 rings (SSSR count). The Morgan fingerprint density at radius 3 is 2.90 bits per heavy atom. The van der Waals surface area contributed by atoms with E-state index < -0.39 is 0 Å². The lowest BCUT2D eigenvalue weighted by molar-refractivity contribution is -0.130. The van der Waals surface area contributed by atoms with Crippen molar-refractivity contribution in [3.63, 3.8) is 0 Å². The van der Waals surface area contributed by atoms with Gasteiger partial charge in [-0.3, -0.25) is 14.5 Å². The molecule has 0 aromatic heterocycles. The summed E-state index contributed by atoms with van der Waals surface area (Å²) in [7, 11) is 1.79. The van der Waals surface area contributed by atoms with Gasteiger partial charge < -0.3 is 10.2 Å². The zero-order valence-electron chi connectivity index (χ0n) is 12.1. The molecule has 1 aromatic rings. The molecule has 1 aromatic carbocycles. The van der Waals surface area contributed by atoms with Crippen molar-refractivity contribution in [2.24, 2.45) is 0 Å². The van der Waals surface area contributed by atoms with E-state index in [9.17, 15) is 9.59 Å². The van der Waals surface area contributed by atoms with Crippen molar-refractivity contribution in [2.45, 2.75) is 19.8 Å². The Labute approximate surface area is 119 Å². The molecule has 0 radical (unpaired) electrons. The van der Waals surface area contributed by atoms with E-state index in [1.165, 1.54) is 0 Å². The Balaban J connectivity index is 2.08. The standard InChI is InChI=1S/C15H21N3O2/c1-3-4-9-17(2)15(20)11-18-13-8-6-5-7-12(13)16-10-14(18)19/h5-8,16H,3-4,9-11H2,1-2H3. The summed E-state index contributed by atoms with van der Waals surface area (Å²) in [4.78, 5) is 27.5. The zero-order chi connectivity index (χ0) is 14.5. The highest BCUT2D eigenvalue weighted by Crippen LogP contribution is 2.28. The molecule has 0 aliphatic carbocycles. The van der Waals surface area contributed by atoms with Crippen molar-refractivity contribution in [3.05, 3.63) is 24.3 Å². The Hall–Kier alpha value is -2.04. The van der Waals surface area contributed by atoms with Crippen LogP contribution >= 0.6 is 0 Å². The number of carbonyl (C=O) groups is 2. The number of rotatable bonds is 5. The molecule has 5 nitrogen and oxygen atoms in total. The average molecular weight is 275 g/mol. The van der Waals surface area contributed by atoms with E-state index in [2.05, 4.69) is 12.2 Å². The molecule has 0 saturated carbocycles. The summed E-state index contributed by atoms with van der Waals surface area (Å²) >= 11 is 0. The smallest absolute Gasteiger partial charge is 0.246 e. The predicted molar refractivity (Wildman–Crippen MR) is 79.8 cm³/mol. The van der Waals surface area contributed by atoms with Crippen LogP contribution in [0.2, 0.25) is 0 Å². The van der Waals surface area contributed by atoms with E-state index in [0.29, 0.717) is 0 Å².